The van der Waals surface area contributed by atoms with Crippen molar-refractivity contribution in [1.29, 1.82) is 0 Å². The number of nitrogens with zero attached hydrogens (tertiary/aromatic N) is 1. The SMILES string of the molecule is Cc1cc(F)ccc1CC(O)c1ncc(Cl)s1. The predicted octanol–water partition coefficient (Wildman–Crippen LogP) is 3.52. The minimum atomic E-state index is -0.698. The maximum atomic E-state index is 12.9. The average Bonchev–Trinajstić information content (AvgIpc) is 2.69. The van der Waals surface area contributed by atoms with E-state index < -0.39 is 6.10 Å². The third kappa shape index (κ3) is 3.03. The fourth-order valence-electron chi connectivity index (χ4n) is 1.60. The van der Waals surface area contributed by atoms with Gasteiger partial charge in [0.25, 0.3) is 0 Å². The predicted molar refractivity (Wildman–Crippen MR) is 66.9 cm³/mol. The number of benzene rings is 1. The van der Waals surface area contributed by atoms with Gasteiger partial charge in [-0.15, -0.1) is 11.3 Å². The number of rotatable bonds is 3. The molecule has 1 heterocycles. The number of aliphatic hydroxyl groups excluding tert-OH is 1. The summed E-state index contributed by atoms with van der Waals surface area (Å²) in [5.74, 6) is -0.266. The highest BCUT2D eigenvalue weighted by Gasteiger charge is 2.14. The first-order chi connectivity index (χ1) is 8.06. The fraction of sp³-hybridized carbons (Fsp3) is 0.250. The van der Waals surface area contributed by atoms with E-state index in [2.05, 4.69) is 4.98 Å². The van der Waals surface area contributed by atoms with Gasteiger partial charge in [-0.05, 0) is 30.2 Å². The smallest absolute Gasteiger partial charge is 0.123 e. The van der Waals surface area contributed by atoms with Gasteiger partial charge in [-0.2, -0.15) is 0 Å². The van der Waals surface area contributed by atoms with Crippen molar-refractivity contribution in [2.75, 3.05) is 0 Å². The van der Waals surface area contributed by atoms with Crippen LogP contribution in [0.25, 0.3) is 0 Å². The van der Waals surface area contributed by atoms with Crippen molar-refractivity contribution in [2.24, 2.45) is 0 Å². The van der Waals surface area contributed by atoms with Crippen molar-refractivity contribution in [3.8, 4) is 0 Å². The topological polar surface area (TPSA) is 33.1 Å². The van der Waals surface area contributed by atoms with Crippen LogP contribution in [-0.2, 0) is 6.42 Å². The minimum absolute atomic E-state index is 0.266. The molecule has 1 atom stereocenters. The molecule has 0 aliphatic heterocycles. The van der Waals surface area contributed by atoms with Crippen LogP contribution in [0.5, 0.6) is 0 Å². The van der Waals surface area contributed by atoms with E-state index in [1.165, 1.54) is 29.7 Å². The molecule has 0 saturated carbocycles. The Kier molecular flexibility index (Phi) is 3.76. The summed E-state index contributed by atoms with van der Waals surface area (Å²) in [6, 6.07) is 4.53. The zero-order chi connectivity index (χ0) is 12.4. The molecule has 1 aromatic heterocycles. The Morgan fingerprint density at radius 2 is 2.29 bits per heavy atom. The molecule has 0 fully saturated rings. The Bertz CT molecular complexity index is 529. The monoisotopic (exact) mass is 271 g/mol. The van der Waals surface area contributed by atoms with Crippen LogP contribution in [0.1, 0.15) is 22.2 Å². The van der Waals surface area contributed by atoms with E-state index in [1.54, 1.807) is 6.07 Å². The average molecular weight is 272 g/mol. The van der Waals surface area contributed by atoms with Crippen LogP contribution in [0, 0.1) is 12.7 Å². The largest absolute Gasteiger partial charge is 0.386 e. The van der Waals surface area contributed by atoms with E-state index >= 15 is 0 Å². The lowest BCUT2D eigenvalue weighted by Gasteiger charge is -2.10. The molecular weight excluding hydrogens is 261 g/mol. The van der Waals surface area contributed by atoms with Crippen LogP contribution >= 0.6 is 22.9 Å². The number of halogens is 2. The summed E-state index contributed by atoms with van der Waals surface area (Å²) in [7, 11) is 0. The quantitative estimate of drug-likeness (QED) is 0.927. The van der Waals surface area contributed by atoms with E-state index in [0.29, 0.717) is 15.8 Å². The van der Waals surface area contributed by atoms with E-state index in [9.17, 15) is 9.50 Å². The normalized spacial score (nSPS) is 12.7. The summed E-state index contributed by atoms with van der Waals surface area (Å²) in [4.78, 5) is 4.02. The van der Waals surface area contributed by atoms with Gasteiger partial charge in [0.15, 0.2) is 0 Å². The Balaban J connectivity index is 2.15. The molecule has 0 bridgehead atoms. The lowest BCUT2D eigenvalue weighted by Crippen LogP contribution is -2.02. The molecule has 2 rings (SSSR count). The molecule has 17 heavy (non-hydrogen) atoms. The molecule has 2 aromatic rings. The van der Waals surface area contributed by atoms with Gasteiger partial charge in [-0.25, -0.2) is 9.37 Å². The van der Waals surface area contributed by atoms with E-state index in [0.717, 1.165) is 11.1 Å². The van der Waals surface area contributed by atoms with Gasteiger partial charge in [-0.1, -0.05) is 17.7 Å². The number of aliphatic hydroxyl groups is 1. The molecule has 0 radical (unpaired) electrons. The molecule has 2 nitrogen and oxygen atoms in total. The molecule has 0 spiro atoms. The second-order valence-corrected chi connectivity index (χ2v) is 5.49. The standard InChI is InChI=1S/C12H11ClFNOS/c1-7-4-9(14)3-2-8(7)5-10(16)12-15-6-11(13)17-12/h2-4,6,10,16H,5H2,1H3. The second kappa shape index (κ2) is 5.12. The van der Waals surface area contributed by atoms with Gasteiger partial charge in [0.1, 0.15) is 21.3 Å². The summed E-state index contributed by atoms with van der Waals surface area (Å²) in [5.41, 5.74) is 1.73. The lowest BCUT2D eigenvalue weighted by molar-refractivity contribution is 0.178. The molecule has 90 valence electrons. The first-order valence-corrected chi connectivity index (χ1v) is 6.30. The zero-order valence-corrected chi connectivity index (χ0v) is 10.7. The van der Waals surface area contributed by atoms with Crippen molar-refractivity contribution in [2.45, 2.75) is 19.4 Å². The number of thiazole rings is 1. The third-order valence-electron chi connectivity index (χ3n) is 2.50. The highest BCUT2D eigenvalue weighted by Crippen LogP contribution is 2.27. The molecule has 1 aromatic carbocycles. The fourth-order valence-corrected chi connectivity index (χ4v) is 2.52. The van der Waals surface area contributed by atoms with Crippen LogP contribution < -0.4 is 0 Å². The first-order valence-electron chi connectivity index (χ1n) is 5.10. The highest BCUT2D eigenvalue weighted by atomic mass is 35.5. The maximum Gasteiger partial charge on any atom is 0.123 e. The van der Waals surface area contributed by atoms with Crippen molar-refractivity contribution in [3.05, 3.63) is 50.7 Å². The van der Waals surface area contributed by atoms with E-state index in [4.69, 9.17) is 11.6 Å². The molecule has 0 amide bonds. The van der Waals surface area contributed by atoms with Crippen LogP contribution in [0.2, 0.25) is 4.34 Å². The Hall–Kier alpha value is -0.970. The molecule has 0 aliphatic rings. The van der Waals surface area contributed by atoms with E-state index in [-0.39, 0.29) is 5.82 Å². The summed E-state index contributed by atoms with van der Waals surface area (Å²) in [5, 5.41) is 10.6. The van der Waals surface area contributed by atoms with Gasteiger partial charge in [0, 0.05) is 6.42 Å². The first kappa shape index (κ1) is 12.5. The third-order valence-corrected chi connectivity index (χ3v) is 3.71. The van der Waals surface area contributed by atoms with Crippen molar-refractivity contribution < 1.29 is 9.50 Å². The van der Waals surface area contributed by atoms with Gasteiger partial charge in [0.05, 0.1) is 6.20 Å². The van der Waals surface area contributed by atoms with Gasteiger partial charge >= 0.3 is 0 Å². The van der Waals surface area contributed by atoms with Crippen LogP contribution in [0.15, 0.2) is 24.4 Å². The van der Waals surface area contributed by atoms with Gasteiger partial charge in [-0.3, -0.25) is 0 Å². The Morgan fingerprint density at radius 3 is 2.88 bits per heavy atom. The van der Waals surface area contributed by atoms with Gasteiger partial charge < -0.3 is 5.11 Å². The van der Waals surface area contributed by atoms with Crippen molar-refractivity contribution in [1.82, 2.24) is 4.98 Å². The number of aryl methyl sites for hydroxylation is 1. The van der Waals surface area contributed by atoms with Crippen LogP contribution in [0.4, 0.5) is 4.39 Å². The molecule has 0 aliphatic carbocycles. The zero-order valence-electron chi connectivity index (χ0n) is 9.15. The summed E-state index contributed by atoms with van der Waals surface area (Å²) in [6.07, 6.45) is 1.23. The van der Waals surface area contributed by atoms with Crippen molar-refractivity contribution in [3.63, 3.8) is 0 Å². The molecule has 5 heteroatoms. The second-order valence-electron chi connectivity index (χ2n) is 3.79. The van der Waals surface area contributed by atoms with E-state index in [1.807, 2.05) is 6.92 Å². The number of hydrogen-bond donors (Lipinski definition) is 1. The molecular formula is C12H11ClFNOS. The molecule has 1 N–H and O–H groups in total. The molecule has 0 saturated heterocycles. The number of hydrogen-bond acceptors (Lipinski definition) is 3. The summed E-state index contributed by atoms with van der Waals surface area (Å²) < 4.78 is 13.5. The lowest BCUT2D eigenvalue weighted by atomic mass is 10.0. The summed E-state index contributed by atoms with van der Waals surface area (Å²) in [6.45, 7) is 1.82. The van der Waals surface area contributed by atoms with Crippen LogP contribution in [-0.4, -0.2) is 10.1 Å². The minimum Gasteiger partial charge on any atom is -0.386 e. The number of aromatic nitrogens is 1. The van der Waals surface area contributed by atoms with Crippen LogP contribution in [0.3, 0.4) is 0 Å². The highest BCUT2D eigenvalue weighted by molar-refractivity contribution is 7.15. The van der Waals surface area contributed by atoms with Gasteiger partial charge in [0.2, 0.25) is 0 Å². The Morgan fingerprint density at radius 1 is 1.53 bits per heavy atom. The van der Waals surface area contributed by atoms with Crippen molar-refractivity contribution >= 4 is 22.9 Å². The maximum absolute atomic E-state index is 12.9. The summed E-state index contributed by atoms with van der Waals surface area (Å²) >= 11 is 7.01. The Labute approximate surface area is 108 Å². The molecule has 1 unspecified atom stereocenters.